The van der Waals surface area contributed by atoms with Crippen LogP contribution in [0, 0.1) is 0 Å². The fourth-order valence-corrected chi connectivity index (χ4v) is 7.21. The van der Waals surface area contributed by atoms with Gasteiger partial charge in [-0.3, -0.25) is 14.4 Å². The van der Waals surface area contributed by atoms with Crippen molar-refractivity contribution in [2.45, 2.75) is 55.9 Å². The van der Waals surface area contributed by atoms with Gasteiger partial charge in [0.2, 0.25) is 11.8 Å². The second-order valence-corrected chi connectivity index (χ2v) is 12.5. The second kappa shape index (κ2) is 11.2. The van der Waals surface area contributed by atoms with Gasteiger partial charge in [-0.15, -0.1) is 11.8 Å². The highest BCUT2D eigenvalue weighted by Crippen LogP contribution is 2.50. The van der Waals surface area contributed by atoms with Crippen molar-refractivity contribution in [1.82, 2.24) is 15.5 Å². The van der Waals surface area contributed by atoms with Gasteiger partial charge >= 0.3 is 11.6 Å². The Morgan fingerprint density at radius 2 is 1.76 bits per heavy atom. The van der Waals surface area contributed by atoms with Crippen molar-refractivity contribution in [1.29, 1.82) is 0 Å². The fourth-order valence-electron chi connectivity index (χ4n) is 5.58. The molecule has 2 aromatic carbocycles. The van der Waals surface area contributed by atoms with E-state index in [9.17, 15) is 29.1 Å². The van der Waals surface area contributed by atoms with Crippen LogP contribution in [0.1, 0.15) is 49.7 Å². The van der Waals surface area contributed by atoms with Crippen LogP contribution in [0.3, 0.4) is 0 Å². The van der Waals surface area contributed by atoms with Crippen LogP contribution >= 0.6 is 11.8 Å². The lowest BCUT2D eigenvalue weighted by atomic mass is 9.95. The van der Waals surface area contributed by atoms with Crippen molar-refractivity contribution >= 4 is 52.1 Å². The number of carbonyl (C=O) groups is 4. The number of nitrogens with one attached hydrogen (secondary N) is 2. The predicted molar refractivity (Wildman–Crippen MR) is 158 cm³/mol. The van der Waals surface area contributed by atoms with E-state index in [4.69, 9.17) is 4.42 Å². The van der Waals surface area contributed by atoms with Gasteiger partial charge in [-0.25, -0.2) is 9.59 Å². The van der Waals surface area contributed by atoms with Crippen LogP contribution in [0.5, 0.6) is 0 Å². The fraction of sp³-hybridized carbons (Fsp3) is 0.367. The molecule has 3 N–H and O–H groups in total. The first-order valence-electron chi connectivity index (χ1n) is 13.7. The van der Waals surface area contributed by atoms with Crippen molar-refractivity contribution in [3.05, 3.63) is 76.1 Å². The van der Waals surface area contributed by atoms with Gasteiger partial charge in [-0.1, -0.05) is 30.3 Å². The number of hydrogen-bond acceptors (Lipinski definition) is 8. The van der Waals surface area contributed by atoms with E-state index in [0.29, 0.717) is 16.5 Å². The molecular weight excluding hydrogens is 560 g/mol. The van der Waals surface area contributed by atoms with E-state index in [1.807, 2.05) is 19.9 Å². The normalized spacial score (nSPS) is 21.3. The van der Waals surface area contributed by atoms with E-state index >= 15 is 0 Å². The van der Waals surface area contributed by atoms with Crippen molar-refractivity contribution in [2.75, 3.05) is 18.0 Å². The highest BCUT2D eigenvalue weighted by molar-refractivity contribution is 8.01. The number of anilines is 1. The third kappa shape index (κ3) is 5.11. The molecule has 0 bridgehead atoms. The summed E-state index contributed by atoms with van der Waals surface area (Å²) in [7, 11) is 0. The number of amides is 3. The van der Waals surface area contributed by atoms with E-state index in [0.717, 1.165) is 18.8 Å². The molecule has 3 heterocycles. The minimum atomic E-state index is -1.24. The Hall–Kier alpha value is -4.32. The number of carboxylic acids is 1. The lowest BCUT2D eigenvalue weighted by Crippen LogP contribution is -2.71. The summed E-state index contributed by atoms with van der Waals surface area (Å²) in [6.07, 6.45) is 0. The SMILES string of the molecule is CCN(CC)c1ccc2cc(C(=O)NC(C(=O)N[C@@H]3C(=O)N4[C@@H]3SC(C)(C)[C@@H]4C(=O)O)c3ccccc3)c(=O)oc2c1. The Kier molecular flexibility index (Phi) is 7.76. The Labute approximate surface area is 246 Å². The van der Waals surface area contributed by atoms with Gasteiger partial charge in [-0.05, 0) is 51.5 Å². The minimum absolute atomic E-state index is 0.268. The maximum absolute atomic E-state index is 13.6. The molecule has 0 spiro atoms. The summed E-state index contributed by atoms with van der Waals surface area (Å²) in [6.45, 7) is 9.08. The van der Waals surface area contributed by atoms with Crippen LogP contribution in [-0.4, -0.2) is 69.0 Å². The lowest BCUT2D eigenvalue weighted by Gasteiger charge is -2.44. The summed E-state index contributed by atoms with van der Waals surface area (Å²) in [6, 6.07) is 12.0. The first kappa shape index (κ1) is 29.2. The van der Waals surface area contributed by atoms with E-state index < -0.39 is 57.6 Å². The third-order valence-corrected chi connectivity index (χ3v) is 9.31. The Morgan fingerprint density at radius 3 is 2.40 bits per heavy atom. The largest absolute Gasteiger partial charge is 0.480 e. The molecule has 42 heavy (non-hydrogen) atoms. The van der Waals surface area contributed by atoms with Crippen molar-refractivity contribution in [3.63, 3.8) is 0 Å². The highest BCUT2D eigenvalue weighted by atomic mass is 32.2. The van der Waals surface area contributed by atoms with Crippen LogP contribution in [0.2, 0.25) is 0 Å². The number of nitrogens with zero attached hydrogens (tertiary/aromatic N) is 2. The van der Waals surface area contributed by atoms with Crippen LogP contribution in [0.4, 0.5) is 5.69 Å². The second-order valence-electron chi connectivity index (χ2n) is 10.7. The maximum atomic E-state index is 13.6. The van der Waals surface area contributed by atoms with E-state index in [1.165, 1.54) is 22.7 Å². The molecular formula is C30H32N4O7S. The molecule has 11 nitrogen and oxygen atoms in total. The zero-order valence-corrected chi connectivity index (χ0v) is 24.4. The topological polar surface area (TPSA) is 149 Å². The van der Waals surface area contributed by atoms with Gasteiger partial charge in [0.15, 0.2) is 0 Å². The Balaban J connectivity index is 1.39. The summed E-state index contributed by atoms with van der Waals surface area (Å²) in [5.74, 6) is -3.10. The molecule has 0 aliphatic carbocycles. The van der Waals surface area contributed by atoms with E-state index in [2.05, 4.69) is 15.5 Å². The molecule has 2 fully saturated rings. The zero-order valence-electron chi connectivity index (χ0n) is 23.6. The molecule has 2 aliphatic heterocycles. The molecule has 12 heteroatoms. The number of thioether (sulfide) groups is 1. The highest BCUT2D eigenvalue weighted by Gasteiger charge is 2.64. The molecule has 4 atom stereocenters. The maximum Gasteiger partial charge on any atom is 0.349 e. The average Bonchev–Trinajstić information content (AvgIpc) is 3.22. The van der Waals surface area contributed by atoms with Crippen LogP contribution in [-0.2, 0) is 14.4 Å². The van der Waals surface area contributed by atoms with Crippen molar-refractivity contribution < 1.29 is 28.7 Å². The number of carbonyl (C=O) groups excluding carboxylic acids is 3. The molecule has 3 amide bonds. The van der Waals surface area contributed by atoms with Gasteiger partial charge in [-0.2, -0.15) is 0 Å². The van der Waals surface area contributed by atoms with Gasteiger partial charge in [0.1, 0.15) is 34.6 Å². The van der Waals surface area contributed by atoms with Crippen LogP contribution in [0.15, 0.2) is 63.8 Å². The Morgan fingerprint density at radius 1 is 1.07 bits per heavy atom. The van der Waals surface area contributed by atoms with Crippen molar-refractivity contribution in [3.8, 4) is 0 Å². The number of benzene rings is 2. The number of carboxylic acid groups (broad SMARTS) is 1. The van der Waals surface area contributed by atoms with Gasteiger partial charge in [0, 0.05) is 35.0 Å². The molecule has 0 radical (unpaired) electrons. The molecule has 1 aromatic heterocycles. The smallest absolute Gasteiger partial charge is 0.349 e. The van der Waals surface area contributed by atoms with Gasteiger partial charge in [0.25, 0.3) is 5.91 Å². The number of β-lactam (4-membered cyclic amide) rings is 1. The van der Waals surface area contributed by atoms with Crippen molar-refractivity contribution in [2.24, 2.45) is 0 Å². The molecule has 0 saturated carbocycles. The number of fused-ring (bicyclic) bond motifs is 2. The summed E-state index contributed by atoms with van der Waals surface area (Å²) in [5.41, 5.74) is 0.538. The molecule has 2 aliphatic rings. The number of aliphatic carboxylic acids is 1. The van der Waals surface area contributed by atoms with Gasteiger partial charge < -0.3 is 30.0 Å². The predicted octanol–water partition coefficient (Wildman–Crippen LogP) is 2.74. The van der Waals surface area contributed by atoms with E-state index in [-0.39, 0.29) is 5.56 Å². The van der Waals surface area contributed by atoms with Gasteiger partial charge in [0.05, 0.1) is 0 Å². The zero-order chi connectivity index (χ0) is 30.3. The molecule has 5 rings (SSSR count). The number of hydrogen-bond donors (Lipinski definition) is 3. The van der Waals surface area contributed by atoms with Crippen LogP contribution < -0.4 is 21.2 Å². The molecule has 1 unspecified atom stereocenters. The monoisotopic (exact) mass is 592 g/mol. The lowest BCUT2D eigenvalue weighted by molar-refractivity contribution is -0.161. The number of rotatable bonds is 9. The molecule has 2 saturated heterocycles. The van der Waals surface area contributed by atoms with Crippen LogP contribution in [0.25, 0.3) is 11.0 Å². The summed E-state index contributed by atoms with van der Waals surface area (Å²) in [4.78, 5) is 68.0. The summed E-state index contributed by atoms with van der Waals surface area (Å²) in [5, 5.41) is 15.0. The standard InChI is InChI=1S/C30H32N4O7S/c1-5-33(6-2)18-13-12-17-14-19(29(40)41-20(17)15-18)24(35)31-21(16-10-8-7-9-11-16)25(36)32-22-26(37)34-23(28(38)39)30(3,4)42-27(22)34/h7-15,21-23,27H,5-6H2,1-4H3,(H,31,35)(H,32,36)(H,38,39)/t21?,22-,23+,27-/m1/s1. The Bertz CT molecular complexity index is 1620. The third-order valence-electron chi connectivity index (χ3n) is 7.74. The summed E-state index contributed by atoms with van der Waals surface area (Å²) < 4.78 is 4.74. The summed E-state index contributed by atoms with van der Waals surface area (Å²) >= 11 is 1.30. The first-order chi connectivity index (χ1) is 20.0. The molecule has 3 aromatic rings. The van der Waals surface area contributed by atoms with E-state index in [1.54, 1.807) is 56.3 Å². The quantitative estimate of drug-likeness (QED) is 0.252. The molecule has 220 valence electrons. The average molecular weight is 593 g/mol. The minimum Gasteiger partial charge on any atom is -0.480 e. The first-order valence-corrected chi connectivity index (χ1v) is 14.6.